The quantitative estimate of drug-likeness (QED) is 0.107. The number of H-pyrrole nitrogens is 1. The fourth-order valence-electron chi connectivity index (χ4n) is 5.06. The van der Waals surface area contributed by atoms with Crippen LogP contribution in [-0.4, -0.2) is 59.5 Å². The van der Waals surface area contributed by atoms with Gasteiger partial charge >= 0.3 is 12.1 Å². The predicted octanol–water partition coefficient (Wildman–Crippen LogP) is 6.80. The molecule has 10 nitrogen and oxygen atoms in total. The molecule has 2 N–H and O–H groups in total. The highest BCUT2D eigenvalue weighted by Crippen LogP contribution is 2.31. The summed E-state index contributed by atoms with van der Waals surface area (Å²) in [7, 11) is 1.34. The average molecular weight is 645 g/mol. The second kappa shape index (κ2) is 16.6. The molecule has 47 heavy (non-hydrogen) atoms. The number of methoxy groups -OCH3 is 1. The molecule has 0 saturated heterocycles. The highest BCUT2D eigenvalue weighted by atomic mass is 16.6. The third-order valence-electron chi connectivity index (χ3n) is 7.38. The van der Waals surface area contributed by atoms with Gasteiger partial charge in [-0.1, -0.05) is 55.3 Å². The zero-order chi connectivity index (χ0) is 33.8. The van der Waals surface area contributed by atoms with Crippen molar-refractivity contribution in [1.29, 1.82) is 0 Å². The molecule has 0 radical (unpaired) electrons. The SMILES string of the molecule is COC(=O)c1cccc(OCCCCCCN(CC(O)c2ccc(OCc3ccccc3)c3[nH]c(=O)ccc23)C(=O)OC(C)(C)C)c1. The topological polar surface area (TPSA) is 127 Å². The van der Waals surface area contributed by atoms with E-state index in [1.807, 2.05) is 30.3 Å². The molecule has 0 aliphatic heterocycles. The molecule has 1 atom stereocenters. The minimum atomic E-state index is -1.05. The van der Waals surface area contributed by atoms with Gasteiger partial charge < -0.3 is 33.9 Å². The minimum absolute atomic E-state index is 0.00695. The lowest BCUT2D eigenvalue weighted by Gasteiger charge is -2.29. The number of unbranched alkanes of at least 4 members (excludes halogenated alkanes) is 3. The van der Waals surface area contributed by atoms with Crippen molar-refractivity contribution in [2.45, 2.75) is 64.8 Å². The summed E-state index contributed by atoms with van der Waals surface area (Å²) in [4.78, 5) is 41.6. The highest BCUT2D eigenvalue weighted by molar-refractivity contribution is 5.89. The summed E-state index contributed by atoms with van der Waals surface area (Å²) in [5.74, 6) is 0.676. The molecular formula is C37H44N2O8. The number of hydrogen-bond donors (Lipinski definition) is 2. The lowest BCUT2D eigenvalue weighted by Crippen LogP contribution is -2.39. The van der Waals surface area contributed by atoms with Gasteiger partial charge in [0.2, 0.25) is 5.56 Å². The van der Waals surface area contributed by atoms with Crippen LogP contribution < -0.4 is 15.0 Å². The largest absolute Gasteiger partial charge is 0.494 e. The number of aliphatic hydroxyl groups excluding tert-OH is 1. The second-order valence-corrected chi connectivity index (χ2v) is 12.3. The number of rotatable bonds is 15. The van der Waals surface area contributed by atoms with Crippen LogP contribution in [0.25, 0.3) is 10.9 Å². The lowest BCUT2D eigenvalue weighted by molar-refractivity contribution is 0.0141. The first kappa shape index (κ1) is 35.0. The summed E-state index contributed by atoms with van der Waals surface area (Å²) in [6.45, 7) is 6.61. The molecule has 1 amide bonds. The summed E-state index contributed by atoms with van der Waals surface area (Å²) < 4.78 is 22.3. The number of benzene rings is 3. The van der Waals surface area contributed by atoms with Gasteiger partial charge in [0.1, 0.15) is 23.7 Å². The molecule has 4 rings (SSSR count). The fourth-order valence-corrected chi connectivity index (χ4v) is 5.06. The van der Waals surface area contributed by atoms with Crippen LogP contribution in [0.3, 0.4) is 0 Å². The van der Waals surface area contributed by atoms with Crippen LogP contribution in [0.2, 0.25) is 0 Å². The summed E-state index contributed by atoms with van der Waals surface area (Å²) in [5, 5.41) is 12.1. The summed E-state index contributed by atoms with van der Waals surface area (Å²) in [6, 6.07) is 23.1. The number of aromatic amines is 1. The first-order chi connectivity index (χ1) is 22.5. The number of nitrogens with one attached hydrogen (secondary N) is 1. The molecule has 1 aromatic heterocycles. The Balaban J connectivity index is 1.37. The van der Waals surface area contributed by atoms with Gasteiger partial charge in [0, 0.05) is 18.0 Å². The molecule has 1 heterocycles. The van der Waals surface area contributed by atoms with E-state index in [4.69, 9.17) is 18.9 Å². The summed E-state index contributed by atoms with van der Waals surface area (Å²) in [6.07, 6.45) is 1.63. The molecule has 10 heteroatoms. The van der Waals surface area contributed by atoms with E-state index in [-0.39, 0.29) is 12.1 Å². The average Bonchev–Trinajstić information content (AvgIpc) is 3.05. The number of carbonyl (C=O) groups is 2. The molecule has 0 aliphatic carbocycles. The number of fused-ring (bicyclic) bond motifs is 1. The molecule has 1 unspecified atom stereocenters. The second-order valence-electron chi connectivity index (χ2n) is 12.3. The number of esters is 1. The van der Waals surface area contributed by atoms with Crippen LogP contribution in [0.15, 0.2) is 83.7 Å². The first-order valence-corrected chi connectivity index (χ1v) is 15.8. The number of aliphatic hydroxyl groups is 1. The van der Waals surface area contributed by atoms with Crippen LogP contribution in [0.5, 0.6) is 11.5 Å². The molecule has 0 saturated carbocycles. The van der Waals surface area contributed by atoms with Crippen LogP contribution in [0.1, 0.15) is 74.0 Å². The van der Waals surface area contributed by atoms with Crippen molar-refractivity contribution in [3.05, 3.63) is 106 Å². The smallest absolute Gasteiger partial charge is 0.410 e. The Kier molecular flexibility index (Phi) is 12.4. The molecule has 250 valence electrons. The van der Waals surface area contributed by atoms with Gasteiger partial charge in [0.15, 0.2) is 0 Å². The van der Waals surface area contributed by atoms with Gasteiger partial charge in [0.05, 0.1) is 37.4 Å². The Morgan fingerprint density at radius 1 is 0.894 bits per heavy atom. The third kappa shape index (κ3) is 10.6. The van der Waals surface area contributed by atoms with Crippen LogP contribution in [0, 0.1) is 0 Å². The fraction of sp³-hybridized carbons (Fsp3) is 0.378. The van der Waals surface area contributed by atoms with Gasteiger partial charge in [-0.2, -0.15) is 0 Å². The lowest BCUT2D eigenvalue weighted by atomic mass is 10.0. The van der Waals surface area contributed by atoms with E-state index in [9.17, 15) is 19.5 Å². The number of aromatic nitrogens is 1. The molecule has 0 bridgehead atoms. The van der Waals surface area contributed by atoms with Crippen molar-refractivity contribution < 1.29 is 33.6 Å². The van der Waals surface area contributed by atoms with Gasteiger partial charge in [-0.3, -0.25) is 4.79 Å². The zero-order valence-corrected chi connectivity index (χ0v) is 27.5. The monoisotopic (exact) mass is 644 g/mol. The zero-order valence-electron chi connectivity index (χ0n) is 27.5. The number of nitrogens with zero attached hydrogens (tertiary/aromatic N) is 1. The van der Waals surface area contributed by atoms with Crippen molar-refractivity contribution in [3.63, 3.8) is 0 Å². The van der Waals surface area contributed by atoms with Gasteiger partial charge in [-0.05, 0) is 75.1 Å². The van der Waals surface area contributed by atoms with E-state index in [0.29, 0.717) is 59.7 Å². The predicted molar refractivity (Wildman–Crippen MR) is 180 cm³/mol. The molecular weight excluding hydrogens is 600 g/mol. The van der Waals surface area contributed by atoms with Crippen molar-refractivity contribution in [3.8, 4) is 11.5 Å². The Morgan fingerprint density at radius 3 is 2.40 bits per heavy atom. The van der Waals surface area contributed by atoms with Gasteiger partial charge in [-0.25, -0.2) is 9.59 Å². The molecule has 0 aliphatic rings. The van der Waals surface area contributed by atoms with Crippen LogP contribution >= 0.6 is 0 Å². The standard InChI is InChI=1S/C37H44N2O8/c1-37(2,3)47-36(43)39(21-10-5-6-11-22-45-28-16-12-15-27(23-28)35(42)44-4)24-31(40)29-17-19-32(34-30(29)18-20-33(41)38-34)46-25-26-13-8-7-9-14-26/h7-9,12-20,23,31,40H,5-6,10-11,21-22,24-25H2,1-4H3,(H,38,41). The summed E-state index contributed by atoms with van der Waals surface area (Å²) >= 11 is 0. The Hall–Kier alpha value is -4.83. The van der Waals surface area contributed by atoms with Crippen LogP contribution in [0.4, 0.5) is 4.79 Å². The molecule has 4 aromatic rings. The first-order valence-electron chi connectivity index (χ1n) is 15.8. The molecule has 3 aromatic carbocycles. The van der Waals surface area contributed by atoms with Crippen molar-refractivity contribution in [1.82, 2.24) is 9.88 Å². The van der Waals surface area contributed by atoms with E-state index >= 15 is 0 Å². The van der Waals surface area contributed by atoms with E-state index in [1.165, 1.54) is 18.1 Å². The molecule has 0 spiro atoms. The van der Waals surface area contributed by atoms with E-state index in [1.54, 1.807) is 63.2 Å². The normalized spacial score (nSPS) is 11.9. The van der Waals surface area contributed by atoms with Gasteiger partial charge in [-0.15, -0.1) is 0 Å². The van der Waals surface area contributed by atoms with E-state index in [0.717, 1.165) is 24.8 Å². The minimum Gasteiger partial charge on any atom is -0.494 e. The highest BCUT2D eigenvalue weighted by Gasteiger charge is 2.25. The van der Waals surface area contributed by atoms with Crippen molar-refractivity contribution in [2.24, 2.45) is 0 Å². The Morgan fingerprint density at radius 2 is 1.66 bits per heavy atom. The van der Waals surface area contributed by atoms with E-state index < -0.39 is 23.8 Å². The van der Waals surface area contributed by atoms with E-state index in [2.05, 4.69) is 4.98 Å². The van der Waals surface area contributed by atoms with Crippen molar-refractivity contribution >= 4 is 23.0 Å². The Bertz CT molecular complexity index is 1680. The number of carbonyl (C=O) groups excluding carboxylic acids is 2. The number of ether oxygens (including phenoxy) is 4. The van der Waals surface area contributed by atoms with Crippen molar-refractivity contribution in [2.75, 3.05) is 26.8 Å². The number of hydrogen-bond acceptors (Lipinski definition) is 8. The third-order valence-corrected chi connectivity index (χ3v) is 7.38. The maximum Gasteiger partial charge on any atom is 0.410 e. The number of pyridine rings is 1. The molecule has 0 fully saturated rings. The Labute approximate surface area is 275 Å². The van der Waals surface area contributed by atoms with Gasteiger partial charge in [0.25, 0.3) is 0 Å². The maximum atomic E-state index is 13.2. The number of amides is 1. The summed E-state index contributed by atoms with van der Waals surface area (Å²) in [5.41, 5.74) is 1.46. The van der Waals surface area contributed by atoms with Crippen LogP contribution in [-0.2, 0) is 16.1 Å². The maximum absolute atomic E-state index is 13.2.